The lowest BCUT2D eigenvalue weighted by Crippen LogP contribution is -1.96. The normalized spacial score (nSPS) is 10.8. The average Bonchev–Trinajstić information content (AvgIpc) is 3.33. The third-order valence-electron chi connectivity index (χ3n) is 3.34. The quantitative estimate of drug-likeness (QED) is 0.507. The zero-order valence-corrected chi connectivity index (χ0v) is 14.2. The molecule has 0 aliphatic rings. The first-order valence-electron chi connectivity index (χ1n) is 7.33. The summed E-state index contributed by atoms with van der Waals surface area (Å²) < 4.78 is 1.83. The molecule has 3 aromatic heterocycles. The zero-order valence-electron chi connectivity index (χ0n) is 12.6. The Labute approximate surface area is 147 Å². The highest BCUT2D eigenvalue weighted by atomic mass is 32.2. The van der Waals surface area contributed by atoms with Gasteiger partial charge in [-0.25, -0.2) is 9.97 Å². The highest BCUT2D eigenvalue weighted by molar-refractivity contribution is 7.98. The van der Waals surface area contributed by atoms with Crippen molar-refractivity contribution in [3.05, 3.63) is 72.3 Å². The topological polar surface area (TPSA) is 56.5 Å². The van der Waals surface area contributed by atoms with E-state index in [1.165, 1.54) is 0 Å². The van der Waals surface area contributed by atoms with Crippen LogP contribution in [0.25, 0.3) is 16.4 Å². The summed E-state index contributed by atoms with van der Waals surface area (Å²) in [5, 5.41) is 12.5. The Balaban J connectivity index is 1.41. The van der Waals surface area contributed by atoms with Gasteiger partial charge < -0.3 is 0 Å². The molecule has 0 radical (unpaired) electrons. The first-order chi connectivity index (χ1) is 11.9. The molecule has 24 heavy (non-hydrogen) atoms. The summed E-state index contributed by atoms with van der Waals surface area (Å²) >= 11 is 3.30. The number of aromatic nitrogens is 5. The third kappa shape index (κ3) is 3.37. The SMILES string of the molecule is c1ccc(-c2nc(CSc3ccc(-n4ccnc4)nn3)cs2)cc1. The van der Waals surface area contributed by atoms with Crippen LogP contribution >= 0.6 is 23.1 Å². The van der Waals surface area contributed by atoms with E-state index in [-0.39, 0.29) is 0 Å². The van der Waals surface area contributed by atoms with E-state index in [1.54, 1.807) is 35.6 Å². The van der Waals surface area contributed by atoms with Gasteiger partial charge in [0.05, 0.1) is 5.69 Å². The van der Waals surface area contributed by atoms with Gasteiger partial charge in [-0.05, 0) is 12.1 Å². The van der Waals surface area contributed by atoms with Crippen LogP contribution < -0.4 is 0 Å². The summed E-state index contributed by atoms with van der Waals surface area (Å²) in [6, 6.07) is 14.1. The lowest BCUT2D eigenvalue weighted by Gasteiger charge is -2.01. The molecule has 4 rings (SSSR count). The predicted octanol–water partition coefficient (Wildman–Crippen LogP) is 4.08. The Morgan fingerprint density at radius 1 is 1.04 bits per heavy atom. The minimum atomic E-state index is 0.761. The molecule has 3 heterocycles. The molecule has 118 valence electrons. The molecule has 4 aromatic rings. The van der Waals surface area contributed by atoms with Crippen LogP contribution in [0.15, 0.2) is 71.6 Å². The number of rotatable bonds is 5. The van der Waals surface area contributed by atoms with Crippen LogP contribution in [0.1, 0.15) is 5.69 Å². The van der Waals surface area contributed by atoms with Crippen molar-refractivity contribution in [2.45, 2.75) is 10.8 Å². The smallest absolute Gasteiger partial charge is 0.160 e. The van der Waals surface area contributed by atoms with E-state index in [2.05, 4.69) is 32.7 Å². The number of imidazole rings is 1. The molecule has 7 heteroatoms. The van der Waals surface area contributed by atoms with Gasteiger partial charge in [0.25, 0.3) is 0 Å². The van der Waals surface area contributed by atoms with E-state index in [0.29, 0.717) is 0 Å². The highest BCUT2D eigenvalue weighted by Gasteiger charge is 2.06. The van der Waals surface area contributed by atoms with Crippen LogP contribution in [0.4, 0.5) is 0 Å². The maximum absolute atomic E-state index is 4.69. The van der Waals surface area contributed by atoms with E-state index in [9.17, 15) is 0 Å². The Morgan fingerprint density at radius 3 is 2.71 bits per heavy atom. The average molecular weight is 351 g/mol. The number of hydrogen-bond acceptors (Lipinski definition) is 6. The van der Waals surface area contributed by atoms with E-state index in [1.807, 2.05) is 41.1 Å². The standard InChI is InChI=1S/C17H13N5S2/c1-2-4-13(5-3-1)17-19-14(11-24-17)10-23-16-7-6-15(20-21-16)22-9-8-18-12-22/h1-9,11-12H,10H2. The Bertz CT molecular complexity index is 902. The second kappa shape index (κ2) is 6.94. The van der Waals surface area contributed by atoms with Crippen molar-refractivity contribution < 1.29 is 0 Å². The van der Waals surface area contributed by atoms with Gasteiger partial charge in [0.15, 0.2) is 5.82 Å². The van der Waals surface area contributed by atoms with E-state index in [4.69, 9.17) is 4.98 Å². The van der Waals surface area contributed by atoms with Crippen LogP contribution in [-0.4, -0.2) is 24.7 Å². The van der Waals surface area contributed by atoms with Gasteiger partial charge in [0.1, 0.15) is 16.4 Å². The van der Waals surface area contributed by atoms with Crippen molar-refractivity contribution in [3.8, 4) is 16.4 Å². The van der Waals surface area contributed by atoms with Crippen molar-refractivity contribution in [2.75, 3.05) is 0 Å². The number of thioether (sulfide) groups is 1. The van der Waals surface area contributed by atoms with Crippen LogP contribution in [0.2, 0.25) is 0 Å². The van der Waals surface area contributed by atoms with E-state index < -0.39 is 0 Å². The fraction of sp³-hybridized carbons (Fsp3) is 0.0588. The predicted molar refractivity (Wildman–Crippen MR) is 96.3 cm³/mol. The maximum atomic E-state index is 4.69. The highest BCUT2D eigenvalue weighted by Crippen LogP contribution is 2.27. The van der Waals surface area contributed by atoms with Gasteiger partial charge >= 0.3 is 0 Å². The lowest BCUT2D eigenvalue weighted by atomic mass is 10.2. The molecule has 0 aliphatic carbocycles. The van der Waals surface area contributed by atoms with Gasteiger partial charge in [-0.3, -0.25) is 4.57 Å². The number of benzene rings is 1. The first kappa shape index (κ1) is 15.0. The summed E-state index contributed by atoms with van der Waals surface area (Å²) in [7, 11) is 0. The van der Waals surface area contributed by atoms with Gasteiger partial charge in [0.2, 0.25) is 0 Å². The van der Waals surface area contributed by atoms with Crippen molar-refractivity contribution in [3.63, 3.8) is 0 Å². The number of thiazole rings is 1. The molecule has 0 unspecified atom stereocenters. The molecule has 0 bridgehead atoms. The van der Waals surface area contributed by atoms with Gasteiger partial charge in [-0.15, -0.1) is 21.5 Å². The maximum Gasteiger partial charge on any atom is 0.160 e. The Hall–Kier alpha value is -2.51. The Morgan fingerprint density at radius 2 is 1.96 bits per heavy atom. The molecule has 0 saturated carbocycles. The molecular weight excluding hydrogens is 338 g/mol. The molecule has 5 nitrogen and oxygen atoms in total. The zero-order chi connectivity index (χ0) is 16.2. The largest absolute Gasteiger partial charge is 0.289 e. The van der Waals surface area contributed by atoms with Crippen molar-refractivity contribution in [2.24, 2.45) is 0 Å². The summed E-state index contributed by atoms with van der Waals surface area (Å²) in [6.45, 7) is 0. The fourth-order valence-electron chi connectivity index (χ4n) is 2.16. The van der Waals surface area contributed by atoms with Crippen LogP contribution in [-0.2, 0) is 5.75 Å². The molecule has 0 atom stereocenters. The first-order valence-corrected chi connectivity index (χ1v) is 9.20. The van der Waals surface area contributed by atoms with E-state index >= 15 is 0 Å². The van der Waals surface area contributed by atoms with Gasteiger partial charge in [0, 0.05) is 29.1 Å². The van der Waals surface area contributed by atoms with Crippen molar-refractivity contribution in [1.29, 1.82) is 0 Å². The lowest BCUT2D eigenvalue weighted by molar-refractivity contribution is 0.860. The van der Waals surface area contributed by atoms with E-state index in [0.717, 1.165) is 32.9 Å². The second-order valence-corrected chi connectivity index (χ2v) is 6.85. The molecule has 0 aliphatic heterocycles. The van der Waals surface area contributed by atoms with Crippen LogP contribution in [0, 0.1) is 0 Å². The molecule has 0 spiro atoms. The third-order valence-corrected chi connectivity index (χ3v) is 5.23. The van der Waals surface area contributed by atoms with Gasteiger partial charge in [-0.1, -0.05) is 42.1 Å². The van der Waals surface area contributed by atoms with Gasteiger partial charge in [-0.2, -0.15) is 0 Å². The van der Waals surface area contributed by atoms with Crippen LogP contribution in [0.5, 0.6) is 0 Å². The summed E-state index contributed by atoms with van der Waals surface area (Å²) in [5.41, 5.74) is 2.22. The second-order valence-electron chi connectivity index (χ2n) is 5.00. The number of hydrogen-bond donors (Lipinski definition) is 0. The molecule has 0 fully saturated rings. The molecule has 1 aromatic carbocycles. The molecule has 0 saturated heterocycles. The van der Waals surface area contributed by atoms with Crippen LogP contribution in [0.3, 0.4) is 0 Å². The number of nitrogens with zero attached hydrogens (tertiary/aromatic N) is 5. The van der Waals surface area contributed by atoms with Crippen molar-refractivity contribution >= 4 is 23.1 Å². The summed E-state index contributed by atoms with van der Waals surface area (Å²) in [4.78, 5) is 8.70. The summed E-state index contributed by atoms with van der Waals surface area (Å²) in [5.74, 6) is 1.54. The fourth-order valence-corrected chi connectivity index (χ4v) is 3.79. The molecule has 0 amide bonds. The molecular formula is C17H13N5S2. The van der Waals surface area contributed by atoms with Crippen molar-refractivity contribution in [1.82, 2.24) is 24.7 Å². The molecule has 0 N–H and O–H groups in total. The minimum absolute atomic E-state index is 0.761. The monoisotopic (exact) mass is 351 g/mol. The Kier molecular flexibility index (Phi) is 4.35. The minimum Gasteiger partial charge on any atom is -0.289 e. The summed E-state index contributed by atoms with van der Waals surface area (Å²) in [6.07, 6.45) is 5.27.